The molecule has 0 saturated carbocycles. The highest BCUT2D eigenvalue weighted by atomic mass is 19.1. The van der Waals surface area contributed by atoms with Gasteiger partial charge in [0, 0.05) is 5.56 Å². The molecule has 3 heteroatoms. The van der Waals surface area contributed by atoms with Crippen LogP contribution in [0, 0.1) is 12.7 Å². The smallest absolute Gasteiger partial charge is 0.337 e. The van der Waals surface area contributed by atoms with Gasteiger partial charge in [-0.1, -0.05) is 24.3 Å². The summed E-state index contributed by atoms with van der Waals surface area (Å²) in [6, 6.07) is 10.6. The Hall–Kier alpha value is -2.42. The summed E-state index contributed by atoms with van der Waals surface area (Å²) in [5.41, 5.74) is 4.91. The van der Waals surface area contributed by atoms with Gasteiger partial charge in [-0.2, -0.15) is 0 Å². The number of benzene rings is 2. The highest BCUT2D eigenvalue weighted by Gasteiger charge is 2.20. The molecule has 2 aromatic carbocycles. The van der Waals surface area contributed by atoms with Crippen LogP contribution in [0.25, 0.3) is 5.57 Å². The molecular weight excluding hydrogens is 279 g/mol. The van der Waals surface area contributed by atoms with Crippen LogP contribution in [0.2, 0.25) is 0 Å². The first-order valence-corrected chi connectivity index (χ1v) is 7.29. The predicted molar refractivity (Wildman–Crippen MR) is 84.3 cm³/mol. The average Bonchev–Trinajstić information content (AvgIpc) is 2.53. The minimum atomic E-state index is -0.377. The van der Waals surface area contributed by atoms with Gasteiger partial charge < -0.3 is 4.74 Å². The molecule has 3 rings (SSSR count). The summed E-state index contributed by atoms with van der Waals surface area (Å²) in [6.07, 6.45) is 3.82. The number of esters is 1. The quantitative estimate of drug-likeness (QED) is 0.772. The van der Waals surface area contributed by atoms with Gasteiger partial charge in [-0.05, 0) is 60.2 Å². The normalized spacial score (nSPS) is 13.3. The van der Waals surface area contributed by atoms with E-state index in [1.54, 1.807) is 18.2 Å². The van der Waals surface area contributed by atoms with Crippen molar-refractivity contribution in [1.29, 1.82) is 0 Å². The van der Waals surface area contributed by atoms with Gasteiger partial charge in [0.25, 0.3) is 0 Å². The SMILES string of the molecule is COC(=O)c1ccc2c(c1)C(c1c(C)cccc1F)=CCC2. The molecule has 0 saturated heterocycles. The number of hydrogen-bond acceptors (Lipinski definition) is 2. The fraction of sp³-hybridized carbons (Fsp3) is 0.211. The van der Waals surface area contributed by atoms with Gasteiger partial charge in [0.1, 0.15) is 5.82 Å². The summed E-state index contributed by atoms with van der Waals surface area (Å²) >= 11 is 0. The van der Waals surface area contributed by atoms with Gasteiger partial charge in [-0.3, -0.25) is 0 Å². The maximum Gasteiger partial charge on any atom is 0.337 e. The number of methoxy groups -OCH3 is 1. The lowest BCUT2D eigenvalue weighted by atomic mass is 9.84. The first-order valence-electron chi connectivity index (χ1n) is 7.29. The van der Waals surface area contributed by atoms with Gasteiger partial charge in [0.15, 0.2) is 0 Å². The Kier molecular flexibility index (Phi) is 3.80. The minimum absolute atomic E-state index is 0.234. The Morgan fingerprint density at radius 3 is 2.77 bits per heavy atom. The fourth-order valence-electron chi connectivity index (χ4n) is 2.98. The van der Waals surface area contributed by atoms with Crippen molar-refractivity contribution in [1.82, 2.24) is 0 Å². The number of ether oxygens (including phenoxy) is 1. The molecule has 0 fully saturated rings. The summed E-state index contributed by atoms with van der Waals surface area (Å²) < 4.78 is 19.1. The number of aryl methyl sites for hydroxylation is 2. The van der Waals surface area contributed by atoms with Crippen molar-refractivity contribution in [3.8, 4) is 0 Å². The van der Waals surface area contributed by atoms with E-state index in [0.29, 0.717) is 11.1 Å². The van der Waals surface area contributed by atoms with Crippen molar-refractivity contribution >= 4 is 11.5 Å². The Balaban J connectivity index is 2.17. The Morgan fingerprint density at radius 1 is 1.23 bits per heavy atom. The molecule has 0 N–H and O–H groups in total. The van der Waals surface area contributed by atoms with Crippen LogP contribution < -0.4 is 0 Å². The van der Waals surface area contributed by atoms with E-state index < -0.39 is 0 Å². The predicted octanol–water partition coefficient (Wildman–Crippen LogP) is 4.30. The third-order valence-corrected chi connectivity index (χ3v) is 4.07. The second-order valence-corrected chi connectivity index (χ2v) is 5.45. The summed E-state index contributed by atoms with van der Waals surface area (Å²) in [4.78, 5) is 11.8. The van der Waals surface area contributed by atoms with E-state index in [1.165, 1.54) is 13.2 Å². The van der Waals surface area contributed by atoms with Crippen molar-refractivity contribution < 1.29 is 13.9 Å². The molecule has 22 heavy (non-hydrogen) atoms. The number of allylic oxidation sites excluding steroid dienone is 1. The Bertz CT molecular complexity index is 755. The van der Waals surface area contributed by atoms with E-state index in [-0.39, 0.29) is 11.8 Å². The van der Waals surface area contributed by atoms with Crippen molar-refractivity contribution in [2.45, 2.75) is 19.8 Å². The molecule has 0 unspecified atom stereocenters. The van der Waals surface area contributed by atoms with Gasteiger partial charge in [0.05, 0.1) is 12.7 Å². The second kappa shape index (κ2) is 5.76. The molecule has 0 aliphatic heterocycles. The van der Waals surface area contributed by atoms with E-state index in [9.17, 15) is 9.18 Å². The number of halogens is 1. The van der Waals surface area contributed by atoms with Crippen LogP contribution in [0.4, 0.5) is 4.39 Å². The third kappa shape index (κ3) is 2.43. The zero-order valence-corrected chi connectivity index (χ0v) is 12.7. The highest BCUT2D eigenvalue weighted by molar-refractivity contribution is 5.93. The zero-order valence-electron chi connectivity index (χ0n) is 12.7. The summed E-state index contributed by atoms with van der Waals surface area (Å²) in [7, 11) is 1.36. The van der Waals surface area contributed by atoms with Crippen molar-refractivity contribution in [2.75, 3.05) is 7.11 Å². The maximum atomic E-state index is 14.3. The molecular formula is C19H17FO2. The van der Waals surface area contributed by atoms with Crippen molar-refractivity contribution in [3.63, 3.8) is 0 Å². The van der Waals surface area contributed by atoms with Crippen LogP contribution in [-0.4, -0.2) is 13.1 Å². The number of hydrogen-bond donors (Lipinski definition) is 0. The lowest BCUT2D eigenvalue weighted by Gasteiger charge is -2.20. The van der Waals surface area contributed by atoms with Crippen LogP contribution in [0.15, 0.2) is 42.5 Å². The van der Waals surface area contributed by atoms with Crippen LogP contribution >= 0.6 is 0 Å². The Labute approximate surface area is 129 Å². The van der Waals surface area contributed by atoms with Gasteiger partial charge in [0.2, 0.25) is 0 Å². The number of carbonyl (C=O) groups is 1. The first-order chi connectivity index (χ1) is 10.6. The molecule has 0 bridgehead atoms. The van der Waals surface area contributed by atoms with Crippen LogP contribution in [0.3, 0.4) is 0 Å². The lowest BCUT2D eigenvalue weighted by molar-refractivity contribution is 0.0600. The summed E-state index contributed by atoms with van der Waals surface area (Å²) in [6.45, 7) is 1.90. The molecule has 0 radical (unpaired) electrons. The minimum Gasteiger partial charge on any atom is -0.465 e. The van der Waals surface area contributed by atoms with Crippen molar-refractivity contribution in [3.05, 3.63) is 76.1 Å². The van der Waals surface area contributed by atoms with Crippen LogP contribution in [0.5, 0.6) is 0 Å². The van der Waals surface area contributed by atoms with Crippen LogP contribution in [0.1, 0.15) is 39.0 Å². The topological polar surface area (TPSA) is 26.3 Å². The van der Waals surface area contributed by atoms with E-state index in [2.05, 4.69) is 6.08 Å². The standard InChI is InChI=1S/C19H17FO2/c1-12-5-3-8-17(20)18(12)15-7-4-6-13-9-10-14(11-16(13)15)19(21)22-2/h3,5,7-11H,4,6H2,1-2H3. The number of rotatable bonds is 2. The molecule has 112 valence electrons. The van der Waals surface area contributed by atoms with E-state index in [0.717, 1.165) is 35.1 Å². The number of carbonyl (C=O) groups excluding carboxylic acids is 1. The molecule has 1 aliphatic rings. The fourth-order valence-corrected chi connectivity index (χ4v) is 2.98. The molecule has 2 aromatic rings. The summed E-state index contributed by atoms with van der Waals surface area (Å²) in [5.74, 6) is -0.611. The maximum absolute atomic E-state index is 14.3. The molecule has 1 aliphatic carbocycles. The largest absolute Gasteiger partial charge is 0.465 e. The Morgan fingerprint density at radius 2 is 2.05 bits per heavy atom. The van der Waals surface area contributed by atoms with E-state index in [1.807, 2.05) is 19.1 Å². The zero-order chi connectivity index (χ0) is 15.7. The van der Waals surface area contributed by atoms with Gasteiger partial charge >= 0.3 is 5.97 Å². The third-order valence-electron chi connectivity index (χ3n) is 4.07. The van der Waals surface area contributed by atoms with Gasteiger partial charge in [-0.25, -0.2) is 9.18 Å². The monoisotopic (exact) mass is 296 g/mol. The molecule has 0 spiro atoms. The highest BCUT2D eigenvalue weighted by Crippen LogP contribution is 2.35. The lowest BCUT2D eigenvalue weighted by Crippen LogP contribution is -2.08. The van der Waals surface area contributed by atoms with Gasteiger partial charge in [-0.15, -0.1) is 0 Å². The molecule has 0 amide bonds. The second-order valence-electron chi connectivity index (χ2n) is 5.45. The molecule has 0 heterocycles. The van der Waals surface area contributed by atoms with E-state index in [4.69, 9.17) is 4.74 Å². The van der Waals surface area contributed by atoms with E-state index >= 15 is 0 Å². The summed E-state index contributed by atoms with van der Waals surface area (Å²) in [5, 5.41) is 0. The first kappa shape index (κ1) is 14.5. The molecule has 2 nitrogen and oxygen atoms in total. The molecule has 0 aromatic heterocycles. The number of fused-ring (bicyclic) bond motifs is 1. The molecule has 0 atom stereocenters. The van der Waals surface area contributed by atoms with Crippen LogP contribution in [-0.2, 0) is 11.2 Å². The van der Waals surface area contributed by atoms with Crippen molar-refractivity contribution in [2.24, 2.45) is 0 Å². The average molecular weight is 296 g/mol.